The van der Waals surface area contributed by atoms with E-state index in [1.165, 1.54) is 11.3 Å². The largest absolute Gasteiger partial charge is 0.329 e. The fourth-order valence-corrected chi connectivity index (χ4v) is 8.52. The predicted octanol–water partition coefficient (Wildman–Crippen LogP) is 10.7. The average molecular weight is 654 g/mol. The molecule has 2 aliphatic carbocycles. The summed E-state index contributed by atoms with van der Waals surface area (Å²) >= 11 is 0. The maximum absolute atomic E-state index is 10.5. The number of para-hydroxylation sites is 3. The topological polar surface area (TPSA) is 79.5 Å². The molecule has 5 nitrogen and oxygen atoms in total. The Morgan fingerprint density at radius 1 is 0.725 bits per heavy atom. The lowest BCUT2D eigenvalue weighted by Crippen LogP contribution is -2.43. The van der Waals surface area contributed by atoms with Gasteiger partial charge in [-0.1, -0.05) is 84.9 Å². The van der Waals surface area contributed by atoms with Crippen molar-refractivity contribution in [3.63, 3.8) is 0 Å². The van der Waals surface area contributed by atoms with Gasteiger partial charge in [0.05, 0.1) is 40.0 Å². The molecule has 5 heteroatoms. The highest BCUT2D eigenvalue weighted by atomic mass is 15.2. The third kappa shape index (κ3) is 4.59. The number of fused-ring (bicyclic) bond motifs is 6. The Labute approximate surface area is 297 Å². The van der Waals surface area contributed by atoms with Crippen LogP contribution in [-0.4, -0.2) is 10.1 Å². The van der Waals surface area contributed by atoms with Crippen molar-refractivity contribution < 1.29 is 0 Å². The first-order chi connectivity index (χ1) is 25.0. The van der Waals surface area contributed by atoms with E-state index in [0.29, 0.717) is 11.1 Å². The smallest absolute Gasteiger partial charge is 0.101 e. The number of rotatable bonds is 4. The molecule has 2 heterocycles. The summed E-state index contributed by atoms with van der Waals surface area (Å²) in [7, 11) is 0. The van der Waals surface area contributed by atoms with Crippen LogP contribution >= 0.6 is 0 Å². The van der Waals surface area contributed by atoms with Crippen LogP contribution in [-0.2, 0) is 6.42 Å². The molecule has 9 rings (SSSR count). The van der Waals surface area contributed by atoms with Crippen molar-refractivity contribution >= 4 is 28.4 Å². The molecule has 1 aliphatic heterocycles. The van der Waals surface area contributed by atoms with Gasteiger partial charge in [-0.3, -0.25) is 0 Å². The Morgan fingerprint density at radius 3 is 2.33 bits per heavy atom. The second kappa shape index (κ2) is 11.6. The van der Waals surface area contributed by atoms with Crippen LogP contribution in [0.4, 0.5) is 11.4 Å². The highest BCUT2D eigenvalue weighted by Gasteiger charge is 2.49. The van der Waals surface area contributed by atoms with Crippen LogP contribution < -0.4 is 4.90 Å². The normalized spacial score (nSPS) is 18.5. The zero-order chi connectivity index (χ0) is 34.7. The van der Waals surface area contributed by atoms with Crippen LogP contribution in [0.1, 0.15) is 41.6 Å². The third-order valence-electron chi connectivity index (χ3n) is 10.8. The fraction of sp³-hybridized carbons (Fsp3) is 0.109. The first-order valence-corrected chi connectivity index (χ1v) is 17.2. The van der Waals surface area contributed by atoms with Gasteiger partial charge >= 0.3 is 0 Å². The number of aromatic nitrogens is 1. The lowest BCUT2D eigenvalue weighted by molar-refractivity contribution is 0.540. The number of nitrogens with zero attached hydrogens (tertiary/aromatic N) is 5. The van der Waals surface area contributed by atoms with E-state index < -0.39 is 5.54 Å². The predicted molar refractivity (Wildman–Crippen MR) is 203 cm³/mol. The summed E-state index contributed by atoms with van der Waals surface area (Å²) in [5, 5.41) is 31.3. The molecular formula is C46H31N5. The van der Waals surface area contributed by atoms with Gasteiger partial charge in [-0.15, -0.1) is 0 Å². The Bertz CT molecular complexity index is 2670. The SMILES string of the molecule is CC12C=C(C#N)C=CC1c1ccccc1N2c1c(C#N)cccc1-c1cccc(-c2cccc(-n3c4c(c5ccccc53)C=C(C#N)CC4)c2)c1. The molecule has 0 fully saturated rings. The van der Waals surface area contributed by atoms with Gasteiger partial charge in [0.2, 0.25) is 0 Å². The summed E-state index contributed by atoms with van der Waals surface area (Å²) in [6.07, 6.45) is 9.69. The van der Waals surface area contributed by atoms with E-state index >= 15 is 0 Å². The van der Waals surface area contributed by atoms with Crippen molar-refractivity contribution in [1.82, 2.24) is 4.57 Å². The molecule has 0 bridgehead atoms. The van der Waals surface area contributed by atoms with E-state index in [9.17, 15) is 15.8 Å². The summed E-state index contributed by atoms with van der Waals surface area (Å²) < 4.78 is 2.35. The number of hydrogen-bond acceptors (Lipinski definition) is 4. The van der Waals surface area contributed by atoms with Crippen LogP contribution in [0.3, 0.4) is 0 Å². The molecule has 5 aromatic carbocycles. The maximum Gasteiger partial charge on any atom is 0.101 e. The van der Waals surface area contributed by atoms with Gasteiger partial charge in [-0.25, -0.2) is 0 Å². The van der Waals surface area contributed by atoms with Crippen molar-refractivity contribution in [1.29, 1.82) is 15.8 Å². The molecule has 240 valence electrons. The van der Waals surface area contributed by atoms with Crippen LogP contribution in [0.25, 0.3) is 44.9 Å². The quantitative estimate of drug-likeness (QED) is 0.190. The van der Waals surface area contributed by atoms with Crippen LogP contribution in [0, 0.1) is 34.0 Å². The van der Waals surface area contributed by atoms with E-state index in [1.54, 1.807) is 0 Å². The minimum absolute atomic E-state index is 0.0250. The van der Waals surface area contributed by atoms with E-state index in [1.807, 2.05) is 24.3 Å². The summed E-state index contributed by atoms with van der Waals surface area (Å²) in [5.74, 6) is 0.0250. The Balaban J connectivity index is 1.19. The van der Waals surface area contributed by atoms with Gasteiger partial charge in [0.1, 0.15) is 6.07 Å². The second-order valence-corrected chi connectivity index (χ2v) is 13.6. The van der Waals surface area contributed by atoms with E-state index in [0.717, 1.165) is 74.2 Å². The number of benzene rings is 5. The standard InChI is InChI=1S/C46H31N5/c1-46-26-31(28-48)19-21-41(46)39-15-3-5-18-44(39)51(46)45-35(29-49)12-8-16-37(45)34-11-6-9-32(24-34)33-10-7-13-36(25-33)50-42-17-4-2-14-38(42)40-23-30(27-47)20-22-43(40)50/h2-19,21,23-26,41H,20,22H2,1H3. The fourth-order valence-electron chi connectivity index (χ4n) is 8.52. The van der Waals surface area contributed by atoms with Gasteiger partial charge < -0.3 is 9.47 Å². The van der Waals surface area contributed by atoms with Gasteiger partial charge in [0.25, 0.3) is 0 Å². The number of anilines is 2. The number of hydrogen-bond donors (Lipinski definition) is 0. The minimum atomic E-state index is -0.584. The summed E-state index contributed by atoms with van der Waals surface area (Å²) in [6, 6.07) is 47.2. The monoisotopic (exact) mass is 653 g/mol. The lowest BCUT2D eigenvalue weighted by atomic mass is 9.78. The molecule has 0 spiro atoms. The molecule has 0 N–H and O–H groups in total. The molecule has 2 unspecified atom stereocenters. The average Bonchev–Trinajstić information content (AvgIpc) is 3.65. The van der Waals surface area contributed by atoms with E-state index in [4.69, 9.17) is 0 Å². The first kappa shape index (κ1) is 30.2. The number of allylic oxidation sites excluding steroid dienone is 3. The zero-order valence-electron chi connectivity index (χ0n) is 28.0. The molecule has 51 heavy (non-hydrogen) atoms. The second-order valence-electron chi connectivity index (χ2n) is 13.6. The van der Waals surface area contributed by atoms with Crippen molar-refractivity contribution in [3.05, 3.63) is 167 Å². The molecular weight excluding hydrogens is 623 g/mol. The van der Waals surface area contributed by atoms with Crippen LogP contribution in [0.15, 0.2) is 145 Å². The minimum Gasteiger partial charge on any atom is -0.329 e. The van der Waals surface area contributed by atoms with Crippen LogP contribution in [0.5, 0.6) is 0 Å². The van der Waals surface area contributed by atoms with E-state index in [-0.39, 0.29) is 5.92 Å². The van der Waals surface area contributed by atoms with Crippen molar-refractivity contribution in [2.45, 2.75) is 31.2 Å². The molecule has 0 radical (unpaired) electrons. The van der Waals surface area contributed by atoms with Crippen molar-refractivity contribution in [3.8, 4) is 46.1 Å². The molecule has 0 amide bonds. The van der Waals surface area contributed by atoms with Gasteiger partial charge in [-0.05, 0) is 96.6 Å². The Morgan fingerprint density at radius 2 is 1.49 bits per heavy atom. The van der Waals surface area contributed by atoms with E-state index in [2.05, 4.69) is 150 Å². The molecule has 2 atom stereocenters. The molecule has 0 saturated heterocycles. The Kier molecular flexibility index (Phi) is 6.89. The summed E-state index contributed by atoms with van der Waals surface area (Å²) in [6.45, 7) is 2.17. The molecule has 6 aromatic rings. The van der Waals surface area contributed by atoms with Gasteiger partial charge in [0, 0.05) is 45.1 Å². The molecule has 1 aromatic heterocycles. The third-order valence-corrected chi connectivity index (χ3v) is 10.8. The number of nitriles is 3. The maximum atomic E-state index is 10.5. The van der Waals surface area contributed by atoms with Gasteiger partial charge in [0.15, 0.2) is 0 Å². The lowest BCUT2D eigenvalue weighted by Gasteiger charge is -2.41. The Hall–Kier alpha value is -6.87. The van der Waals surface area contributed by atoms with Crippen LogP contribution in [0.2, 0.25) is 0 Å². The molecule has 0 saturated carbocycles. The highest BCUT2D eigenvalue weighted by Crippen LogP contribution is 2.56. The van der Waals surface area contributed by atoms with Crippen molar-refractivity contribution in [2.24, 2.45) is 0 Å². The summed E-state index contributed by atoms with van der Waals surface area (Å²) in [5.41, 5.74) is 13.2. The van der Waals surface area contributed by atoms with Crippen molar-refractivity contribution in [2.75, 3.05) is 4.90 Å². The first-order valence-electron chi connectivity index (χ1n) is 17.2. The van der Waals surface area contributed by atoms with Gasteiger partial charge in [-0.2, -0.15) is 15.8 Å². The molecule has 3 aliphatic rings. The summed E-state index contributed by atoms with van der Waals surface area (Å²) in [4.78, 5) is 2.28. The highest BCUT2D eigenvalue weighted by molar-refractivity contribution is 5.95. The zero-order valence-corrected chi connectivity index (χ0v) is 28.0.